The summed E-state index contributed by atoms with van der Waals surface area (Å²) in [5.74, 6) is -0.969. The molecule has 1 heterocycles. The van der Waals surface area contributed by atoms with Crippen LogP contribution in [-0.4, -0.2) is 16.1 Å². The molecule has 0 saturated carbocycles. The number of fused-ring (bicyclic) bond motifs is 1. The van der Waals surface area contributed by atoms with Gasteiger partial charge in [-0.1, -0.05) is 25.1 Å². The predicted octanol–water partition coefficient (Wildman–Crippen LogP) is 3.26. The smallest absolute Gasteiger partial charge is 0.338 e. The number of carboxylic acids is 1. The molecule has 2 aromatic rings. The Hall–Kier alpha value is -1.42. The van der Waals surface area contributed by atoms with Gasteiger partial charge < -0.3 is 5.11 Å². The van der Waals surface area contributed by atoms with Gasteiger partial charge in [-0.2, -0.15) is 0 Å². The minimum Gasteiger partial charge on any atom is -0.478 e. The Labute approximate surface area is 101 Å². The fraction of sp³-hybridized carbons (Fsp3) is 0.167. The molecule has 4 heteroatoms. The van der Waals surface area contributed by atoms with Gasteiger partial charge in [0.25, 0.3) is 0 Å². The van der Waals surface area contributed by atoms with E-state index in [-0.39, 0.29) is 5.56 Å². The van der Waals surface area contributed by atoms with Crippen molar-refractivity contribution < 1.29 is 9.90 Å². The van der Waals surface area contributed by atoms with Gasteiger partial charge in [-0.05, 0) is 27.9 Å². The summed E-state index contributed by atoms with van der Waals surface area (Å²) < 4.78 is 0.598. The quantitative estimate of drug-likeness (QED) is 0.918. The molecule has 0 aliphatic heterocycles. The second-order valence-electron chi connectivity index (χ2n) is 3.46. The summed E-state index contributed by atoms with van der Waals surface area (Å²) in [6, 6.07) is 5.79. The Morgan fingerprint density at radius 1 is 1.50 bits per heavy atom. The van der Waals surface area contributed by atoms with Crippen molar-refractivity contribution in [3.8, 4) is 0 Å². The molecule has 0 atom stereocenters. The van der Waals surface area contributed by atoms with Gasteiger partial charge in [0.05, 0.1) is 11.1 Å². The van der Waals surface area contributed by atoms with Gasteiger partial charge in [-0.25, -0.2) is 4.79 Å². The minimum absolute atomic E-state index is 0.195. The van der Waals surface area contributed by atoms with Crippen molar-refractivity contribution in [2.24, 2.45) is 0 Å². The number of hydrogen-bond donors (Lipinski definition) is 1. The lowest BCUT2D eigenvalue weighted by Crippen LogP contribution is -2.00. The number of para-hydroxylation sites is 1. The average molecular weight is 280 g/mol. The highest BCUT2D eigenvalue weighted by Gasteiger charge is 2.13. The molecule has 1 aromatic heterocycles. The van der Waals surface area contributed by atoms with E-state index in [1.807, 2.05) is 18.2 Å². The summed E-state index contributed by atoms with van der Waals surface area (Å²) in [5.41, 5.74) is 2.18. The third-order valence-corrected chi connectivity index (χ3v) is 3.38. The van der Waals surface area contributed by atoms with Crippen LogP contribution in [0.15, 0.2) is 28.9 Å². The first kappa shape index (κ1) is 11.1. The van der Waals surface area contributed by atoms with Gasteiger partial charge >= 0.3 is 5.97 Å². The van der Waals surface area contributed by atoms with Crippen molar-refractivity contribution in [1.82, 2.24) is 4.98 Å². The van der Waals surface area contributed by atoms with Crippen molar-refractivity contribution in [3.05, 3.63) is 40.0 Å². The summed E-state index contributed by atoms with van der Waals surface area (Å²) in [4.78, 5) is 15.2. The molecule has 0 radical (unpaired) electrons. The maximum atomic E-state index is 10.9. The van der Waals surface area contributed by atoms with Crippen molar-refractivity contribution in [2.45, 2.75) is 13.3 Å². The highest BCUT2D eigenvalue weighted by atomic mass is 79.9. The largest absolute Gasteiger partial charge is 0.478 e. The summed E-state index contributed by atoms with van der Waals surface area (Å²) in [7, 11) is 0. The highest BCUT2D eigenvalue weighted by Crippen LogP contribution is 2.28. The van der Waals surface area contributed by atoms with E-state index < -0.39 is 5.97 Å². The fourth-order valence-electron chi connectivity index (χ4n) is 1.69. The molecule has 16 heavy (non-hydrogen) atoms. The highest BCUT2D eigenvalue weighted by molar-refractivity contribution is 9.10. The van der Waals surface area contributed by atoms with Gasteiger partial charge in [0, 0.05) is 16.1 Å². The molecule has 82 valence electrons. The van der Waals surface area contributed by atoms with Crippen LogP contribution in [0, 0.1) is 0 Å². The van der Waals surface area contributed by atoms with Gasteiger partial charge in [-0.15, -0.1) is 0 Å². The first-order valence-corrected chi connectivity index (χ1v) is 5.73. The maximum absolute atomic E-state index is 10.9. The van der Waals surface area contributed by atoms with E-state index in [9.17, 15) is 4.79 Å². The van der Waals surface area contributed by atoms with Crippen LogP contribution in [-0.2, 0) is 6.42 Å². The van der Waals surface area contributed by atoms with E-state index in [1.165, 1.54) is 6.20 Å². The van der Waals surface area contributed by atoms with E-state index in [1.54, 1.807) is 0 Å². The Balaban J connectivity index is 2.81. The molecule has 0 bridgehead atoms. The lowest BCUT2D eigenvalue weighted by Gasteiger charge is -2.06. The number of aromatic carboxylic acids is 1. The first-order valence-electron chi connectivity index (χ1n) is 4.94. The second kappa shape index (κ2) is 4.22. The fourth-order valence-corrected chi connectivity index (χ4v) is 2.28. The number of aryl methyl sites for hydroxylation is 1. The number of hydrogen-bond acceptors (Lipinski definition) is 2. The van der Waals surface area contributed by atoms with Crippen molar-refractivity contribution >= 4 is 32.8 Å². The molecule has 0 aliphatic carbocycles. The van der Waals surface area contributed by atoms with E-state index in [2.05, 4.69) is 27.8 Å². The number of carbonyl (C=O) groups is 1. The van der Waals surface area contributed by atoms with E-state index in [0.29, 0.717) is 4.47 Å². The molecular weight excluding hydrogens is 270 g/mol. The molecule has 3 nitrogen and oxygen atoms in total. The van der Waals surface area contributed by atoms with Crippen molar-refractivity contribution in [2.75, 3.05) is 0 Å². The van der Waals surface area contributed by atoms with Crippen LogP contribution in [0.5, 0.6) is 0 Å². The maximum Gasteiger partial charge on any atom is 0.338 e. The van der Waals surface area contributed by atoms with E-state index >= 15 is 0 Å². The number of benzene rings is 1. The van der Waals surface area contributed by atoms with Crippen LogP contribution >= 0.6 is 15.9 Å². The minimum atomic E-state index is -0.969. The Morgan fingerprint density at radius 2 is 2.25 bits per heavy atom. The molecule has 2 rings (SSSR count). The predicted molar refractivity (Wildman–Crippen MR) is 65.8 cm³/mol. The zero-order valence-electron chi connectivity index (χ0n) is 8.70. The van der Waals surface area contributed by atoms with Crippen LogP contribution in [0.2, 0.25) is 0 Å². The molecule has 0 amide bonds. The molecule has 0 aliphatic rings. The van der Waals surface area contributed by atoms with Gasteiger partial charge in [0.15, 0.2) is 0 Å². The summed E-state index contributed by atoms with van der Waals surface area (Å²) in [6.45, 7) is 2.05. The number of rotatable bonds is 2. The number of pyridine rings is 1. The van der Waals surface area contributed by atoms with Crippen LogP contribution in [0.1, 0.15) is 22.8 Å². The summed E-state index contributed by atoms with van der Waals surface area (Å²) in [5, 5.41) is 9.83. The molecule has 0 saturated heterocycles. The number of nitrogens with zero attached hydrogens (tertiary/aromatic N) is 1. The van der Waals surface area contributed by atoms with E-state index in [0.717, 1.165) is 22.9 Å². The van der Waals surface area contributed by atoms with Crippen molar-refractivity contribution in [1.29, 1.82) is 0 Å². The Kier molecular flexibility index (Phi) is 2.92. The SMILES string of the molecule is CCc1cccc2c(Br)c(C(=O)O)cnc12. The molecule has 1 aromatic carbocycles. The normalized spacial score (nSPS) is 10.6. The zero-order valence-corrected chi connectivity index (χ0v) is 10.3. The third kappa shape index (κ3) is 1.69. The van der Waals surface area contributed by atoms with Crippen LogP contribution < -0.4 is 0 Å². The van der Waals surface area contributed by atoms with Gasteiger partial charge in [0.2, 0.25) is 0 Å². The average Bonchev–Trinajstić information content (AvgIpc) is 2.28. The second-order valence-corrected chi connectivity index (χ2v) is 4.25. The number of aromatic nitrogens is 1. The molecule has 1 N–H and O–H groups in total. The van der Waals surface area contributed by atoms with Crippen LogP contribution in [0.25, 0.3) is 10.9 Å². The number of carboxylic acid groups (broad SMARTS) is 1. The van der Waals surface area contributed by atoms with Crippen molar-refractivity contribution in [3.63, 3.8) is 0 Å². The van der Waals surface area contributed by atoms with Gasteiger partial charge in [-0.3, -0.25) is 4.98 Å². The Bertz CT molecular complexity index is 566. The standard InChI is InChI=1S/C12H10BrNO2/c1-2-7-4-3-5-8-10(13)9(12(15)16)6-14-11(7)8/h3-6H,2H2,1H3,(H,15,16). The lowest BCUT2D eigenvalue weighted by molar-refractivity contribution is 0.0695. The zero-order chi connectivity index (χ0) is 11.7. The monoisotopic (exact) mass is 279 g/mol. The molecular formula is C12H10BrNO2. The van der Waals surface area contributed by atoms with E-state index in [4.69, 9.17) is 5.11 Å². The van der Waals surface area contributed by atoms with Gasteiger partial charge in [0.1, 0.15) is 0 Å². The first-order chi connectivity index (χ1) is 7.65. The number of halogens is 1. The molecule has 0 fully saturated rings. The summed E-state index contributed by atoms with van der Waals surface area (Å²) >= 11 is 3.32. The van der Waals surface area contributed by atoms with Crippen LogP contribution in [0.4, 0.5) is 0 Å². The lowest BCUT2D eigenvalue weighted by atomic mass is 10.1. The molecule has 0 unspecified atom stereocenters. The third-order valence-electron chi connectivity index (χ3n) is 2.53. The molecule has 0 spiro atoms. The Morgan fingerprint density at radius 3 is 2.88 bits per heavy atom. The van der Waals surface area contributed by atoms with Crippen LogP contribution in [0.3, 0.4) is 0 Å². The topological polar surface area (TPSA) is 50.2 Å². The summed E-state index contributed by atoms with van der Waals surface area (Å²) in [6.07, 6.45) is 2.27.